The quantitative estimate of drug-likeness (QED) is 0.444. The van der Waals surface area contributed by atoms with Crippen molar-refractivity contribution in [3.63, 3.8) is 0 Å². The molecule has 1 fully saturated rings. The van der Waals surface area contributed by atoms with Gasteiger partial charge in [0.2, 0.25) is 6.29 Å². The molecule has 1 aliphatic carbocycles. The molecule has 9 heteroatoms. The number of rotatable bonds is 3. The maximum absolute atomic E-state index is 11.5. The summed E-state index contributed by atoms with van der Waals surface area (Å²) in [6.45, 7) is -0.550. The molecule has 5 atom stereocenters. The Morgan fingerprint density at radius 3 is 2.63 bits per heavy atom. The molecule has 4 N–H and O–H groups in total. The van der Waals surface area contributed by atoms with Gasteiger partial charge in [0, 0.05) is 12.1 Å². The predicted molar refractivity (Wildman–Crippen MR) is 91.3 cm³/mol. The number of aliphatic hydroxyl groups is 4. The van der Waals surface area contributed by atoms with E-state index in [2.05, 4.69) is 4.98 Å². The smallest absolute Gasteiger partial charge is 0.229 e. The molecule has 0 unspecified atom stereocenters. The first kappa shape index (κ1) is 17.8. The van der Waals surface area contributed by atoms with Crippen LogP contribution in [0.15, 0.2) is 45.6 Å². The summed E-state index contributed by atoms with van der Waals surface area (Å²) in [7, 11) is 0. The second-order valence-corrected chi connectivity index (χ2v) is 6.29. The van der Waals surface area contributed by atoms with Crippen molar-refractivity contribution >= 4 is 11.1 Å². The summed E-state index contributed by atoms with van der Waals surface area (Å²) in [6, 6.07) is 8.99. The Labute approximate surface area is 152 Å². The molecule has 1 aromatic rings. The lowest BCUT2D eigenvalue weighted by molar-refractivity contribution is -0.277. The molecule has 0 saturated carbocycles. The Hall–Kier alpha value is -2.56. The van der Waals surface area contributed by atoms with E-state index in [1.807, 2.05) is 0 Å². The highest BCUT2D eigenvalue weighted by Gasteiger charge is 2.44. The number of hydrogen-bond acceptors (Lipinski definition) is 9. The molecule has 3 aliphatic rings. The highest BCUT2D eigenvalue weighted by Crippen LogP contribution is 2.29. The third-order valence-corrected chi connectivity index (χ3v) is 4.42. The fourth-order valence-electron chi connectivity index (χ4n) is 2.96. The normalized spacial score (nSPS) is 28.5. The number of fused-ring (bicyclic) bond motifs is 2. The van der Waals surface area contributed by atoms with Gasteiger partial charge in [-0.3, -0.25) is 4.79 Å². The number of aliphatic hydroxyl groups excluding tert-OH is 4. The summed E-state index contributed by atoms with van der Waals surface area (Å²) in [5.41, 5.74) is 1.20. The van der Waals surface area contributed by atoms with Gasteiger partial charge in [0.1, 0.15) is 41.4 Å². The van der Waals surface area contributed by atoms with Crippen molar-refractivity contribution < 1.29 is 34.3 Å². The van der Waals surface area contributed by atoms with E-state index in [4.69, 9.17) is 13.9 Å². The van der Waals surface area contributed by atoms with Gasteiger partial charge in [-0.25, -0.2) is 4.98 Å². The van der Waals surface area contributed by atoms with Crippen LogP contribution in [0.4, 0.5) is 0 Å². The summed E-state index contributed by atoms with van der Waals surface area (Å²) in [4.78, 5) is 15.9. The molecule has 4 rings (SSSR count). The van der Waals surface area contributed by atoms with E-state index in [9.17, 15) is 25.2 Å². The number of nitrogens with zero attached hydrogens (tertiary/aromatic N) is 1. The minimum Gasteiger partial charge on any atom is -0.462 e. The van der Waals surface area contributed by atoms with Gasteiger partial charge >= 0.3 is 0 Å². The largest absolute Gasteiger partial charge is 0.462 e. The first-order valence-corrected chi connectivity index (χ1v) is 8.28. The number of hydrogen-bond donors (Lipinski definition) is 4. The fourth-order valence-corrected chi connectivity index (χ4v) is 2.96. The first-order chi connectivity index (χ1) is 13.0. The SMILES string of the molecule is O=c1ccc2nc3ccc(O[C@@H]4O[C@@H](CO)[C@H](O)[C@@H](O)[C@@H]4O)cc3oc-2c1. The van der Waals surface area contributed by atoms with Crippen LogP contribution in [0, 0.1) is 0 Å². The molecular weight excluding hydrogens is 358 g/mol. The highest BCUT2D eigenvalue weighted by molar-refractivity contribution is 5.77. The summed E-state index contributed by atoms with van der Waals surface area (Å²) in [5, 5.41) is 38.9. The molecule has 0 bridgehead atoms. The topological polar surface area (TPSA) is 142 Å². The number of aromatic nitrogens is 1. The van der Waals surface area contributed by atoms with Crippen molar-refractivity contribution in [2.75, 3.05) is 6.61 Å². The fraction of sp³-hybridized carbons (Fsp3) is 0.333. The highest BCUT2D eigenvalue weighted by atomic mass is 16.7. The van der Waals surface area contributed by atoms with Gasteiger partial charge in [-0.2, -0.15) is 0 Å². The van der Waals surface area contributed by atoms with Crippen LogP contribution in [0.1, 0.15) is 0 Å². The lowest BCUT2D eigenvalue weighted by Gasteiger charge is -2.39. The lowest BCUT2D eigenvalue weighted by atomic mass is 9.99. The Morgan fingerprint density at radius 2 is 1.85 bits per heavy atom. The first-order valence-electron chi connectivity index (χ1n) is 8.28. The maximum atomic E-state index is 11.5. The van der Waals surface area contributed by atoms with Crippen LogP contribution in [0.3, 0.4) is 0 Å². The van der Waals surface area contributed by atoms with E-state index in [-0.39, 0.29) is 11.2 Å². The van der Waals surface area contributed by atoms with E-state index in [0.717, 1.165) is 0 Å². The standard InChI is InChI=1S/C18H17NO8/c20-7-14-15(22)16(23)17(24)18(27-14)25-9-2-4-11-13(6-9)26-12-5-8(21)1-3-10(12)19-11/h1-6,14-18,20,22-24H,7H2/t14-,15-,16+,17-,18+/m0/s1. The van der Waals surface area contributed by atoms with Crippen LogP contribution < -0.4 is 10.2 Å². The molecule has 9 nitrogen and oxygen atoms in total. The molecule has 1 aromatic carbocycles. The van der Waals surface area contributed by atoms with Gasteiger partial charge in [0.05, 0.1) is 6.61 Å². The van der Waals surface area contributed by atoms with Crippen molar-refractivity contribution in [1.82, 2.24) is 4.98 Å². The molecular formula is C18H17NO8. The minimum absolute atomic E-state index is 0.207. The lowest BCUT2D eigenvalue weighted by Crippen LogP contribution is -2.60. The Balaban J connectivity index is 1.65. The van der Waals surface area contributed by atoms with Gasteiger partial charge in [0.15, 0.2) is 16.8 Å². The van der Waals surface area contributed by atoms with Gasteiger partial charge in [-0.05, 0) is 24.3 Å². The zero-order valence-corrected chi connectivity index (χ0v) is 13.9. The third kappa shape index (κ3) is 3.27. The molecule has 0 aromatic heterocycles. The van der Waals surface area contributed by atoms with Gasteiger partial charge in [0.25, 0.3) is 0 Å². The number of ether oxygens (including phenoxy) is 2. The van der Waals surface area contributed by atoms with Crippen molar-refractivity contribution in [2.45, 2.75) is 30.7 Å². The molecule has 0 amide bonds. The Kier molecular flexibility index (Phi) is 4.54. The van der Waals surface area contributed by atoms with Crippen LogP contribution in [-0.2, 0) is 4.74 Å². The van der Waals surface area contributed by atoms with Crippen LogP contribution in [-0.4, -0.2) is 62.7 Å². The van der Waals surface area contributed by atoms with E-state index in [1.165, 1.54) is 18.2 Å². The average molecular weight is 375 g/mol. The minimum atomic E-state index is -1.54. The van der Waals surface area contributed by atoms with Crippen LogP contribution in [0.5, 0.6) is 5.75 Å². The van der Waals surface area contributed by atoms with Crippen molar-refractivity contribution in [3.05, 3.63) is 46.6 Å². The molecule has 2 heterocycles. The summed E-state index contributed by atoms with van der Waals surface area (Å²) < 4.78 is 16.6. The van der Waals surface area contributed by atoms with Crippen molar-refractivity contribution in [3.8, 4) is 17.2 Å². The van der Waals surface area contributed by atoms with Gasteiger partial charge in [-0.1, -0.05) is 0 Å². The van der Waals surface area contributed by atoms with E-state index < -0.39 is 37.3 Å². The molecule has 1 saturated heterocycles. The molecule has 142 valence electrons. The predicted octanol–water partition coefficient (Wildman–Crippen LogP) is -0.529. The summed E-state index contributed by atoms with van der Waals surface area (Å²) in [5.74, 6) is 0.565. The molecule has 27 heavy (non-hydrogen) atoms. The zero-order valence-electron chi connectivity index (χ0n) is 13.9. The van der Waals surface area contributed by atoms with E-state index in [1.54, 1.807) is 18.2 Å². The maximum Gasteiger partial charge on any atom is 0.229 e. The van der Waals surface area contributed by atoms with Crippen LogP contribution in [0.25, 0.3) is 22.6 Å². The van der Waals surface area contributed by atoms with Crippen LogP contribution >= 0.6 is 0 Å². The monoisotopic (exact) mass is 375 g/mol. The summed E-state index contributed by atoms with van der Waals surface area (Å²) in [6.07, 6.45) is -6.90. The molecule has 0 radical (unpaired) electrons. The Bertz CT molecular complexity index is 987. The van der Waals surface area contributed by atoms with Crippen molar-refractivity contribution in [2.24, 2.45) is 0 Å². The van der Waals surface area contributed by atoms with Gasteiger partial charge < -0.3 is 34.3 Å². The van der Waals surface area contributed by atoms with Crippen LogP contribution in [0.2, 0.25) is 0 Å². The third-order valence-electron chi connectivity index (χ3n) is 4.42. The average Bonchev–Trinajstić information content (AvgIpc) is 2.66. The Morgan fingerprint density at radius 1 is 1.04 bits per heavy atom. The van der Waals surface area contributed by atoms with Crippen molar-refractivity contribution in [1.29, 1.82) is 0 Å². The molecule has 2 aliphatic heterocycles. The van der Waals surface area contributed by atoms with Gasteiger partial charge in [-0.15, -0.1) is 0 Å². The number of benzene rings is 2. The zero-order chi connectivity index (χ0) is 19.1. The summed E-state index contributed by atoms with van der Waals surface area (Å²) >= 11 is 0. The van der Waals surface area contributed by atoms with E-state index in [0.29, 0.717) is 22.6 Å². The molecule has 0 spiro atoms. The van der Waals surface area contributed by atoms with E-state index >= 15 is 0 Å². The second-order valence-electron chi connectivity index (χ2n) is 6.29. The second kappa shape index (κ2) is 6.87.